The number of allylic oxidation sites excluding steroid dienone is 13. The lowest BCUT2D eigenvalue weighted by Crippen LogP contribution is -2.26. The number of carbonyl (C=O) groups excluding carboxylic acids is 2. The van der Waals surface area contributed by atoms with E-state index in [2.05, 4.69) is 86.0 Å². The molecule has 0 heterocycles. The number of aliphatic hydroxyl groups excluding tert-OH is 1. The van der Waals surface area contributed by atoms with Gasteiger partial charge in [0.15, 0.2) is 0 Å². The molecule has 0 bridgehead atoms. The molecule has 9 nitrogen and oxygen atoms in total. The van der Waals surface area contributed by atoms with E-state index in [-0.39, 0.29) is 38.5 Å². The van der Waals surface area contributed by atoms with Crippen molar-refractivity contribution in [1.29, 1.82) is 0 Å². The first-order valence-corrected chi connectivity index (χ1v) is 27.1. The van der Waals surface area contributed by atoms with Crippen LogP contribution in [0.1, 0.15) is 213 Å². The molecule has 0 aliphatic rings. The van der Waals surface area contributed by atoms with Crippen molar-refractivity contribution < 1.29 is 37.9 Å². The number of hydrogen-bond acceptors (Lipinski definition) is 7. The smallest absolute Gasteiger partial charge is 0.463 e. The van der Waals surface area contributed by atoms with Gasteiger partial charge in [0.2, 0.25) is 5.91 Å². The zero-order chi connectivity index (χ0) is 46.7. The van der Waals surface area contributed by atoms with Gasteiger partial charge < -0.3 is 20.1 Å². The molecule has 0 aliphatic heterocycles. The van der Waals surface area contributed by atoms with Crippen LogP contribution in [0.3, 0.4) is 0 Å². The fraction of sp³-hybridized carbons (Fsp3) is 0.704. The van der Waals surface area contributed by atoms with Crippen molar-refractivity contribution in [2.24, 2.45) is 0 Å². The van der Waals surface area contributed by atoms with Crippen molar-refractivity contribution in [3.05, 3.63) is 85.1 Å². The van der Waals surface area contributed by atoms with E-state index >= 15 is 0 Å². The normalized spacial score (nSPS) is 13.9. The molecule has 0 spiro atoms. The molecule has 10 heteroatoms. The molecule has 0 aromatic heterocycles. The molecule has 2 unspecified atom stereocenters. The summed E-state index contributed by atoms with van der Waals surface area (Å²) in [4.78, 5) is 34.0. The topological polar surface area (TPSA) is 131 Å². The van der Waals surface area contributed by atoms with Crippen LogP contribution >= 0.6 is 7.82 Å². The van der Waals surface area contributed by atoms with E-state index in [4.69, 9.17) is 13.8 Å². The highest BCUT2D eigenvalue weighted by molar-refractivity contribution is 7.47. The maximum Gasteiger partial charge on any atom is 0.472 e. The van der Waals surface area contributed by atoms with Gasteiger partial charge in [-0.25, -0.2) is 4.57 Å². The van der Waals surface area contributed by atoms with Crippen LogP contribution in [0.15, 0.2) is 85.1 Å². The second kappa shape index (κ2) is 49.6. The highest BCUT2D eigenvalue weighted by Crippen LogP contribution is 2.42. The molecule has 64 heavy (non-hydrogen) atoms. The van der Waals surface area contributed by atoms with E-state index in [1.54, 1.807) is 6.08 Å². The number of aliphatic hydroxyl groups is 1. The minimum atomic E-state index is -4.45. The van der Waals surface area contributed by atoms with Crippen LogP contribution in [0, 0.1) is 0 Å². The number of phosphoric acid groups is 1. The summed E-state index contributed by atoms with van der Waals surface area (Å²) in [6.07, 6.45) is 64.1. The second-order valence-corrected chi connectivity index (χ2v) is 18.2. The average Bonchev–Trinajstić information content (AvgIpc) is 3.28. The summed E-state index contributed by atoms with van der Waals surface area (Å²) >= 11 is 0. The average molecular weight is 916 g/mol. The van der Waals surface area contributed by atoms with Crippen LogP contribution in [-0.4, -0.2) is 54.3 Å². The minimum absolute atomic E-state index is 0.0213. The Bertz CT molecular complexity index is 1320. The Morgan fingerprint density at radius 2 is 0.859 bits per heavy atom. The summed E-state index contributed by atoms with van der Waals surface area (Å²) in [6.45, 7) is 3.33. The van der Waals surface area contributed by atoms with E-state index in [0.29, 0.717) is 0 Å². The molecule has 0 saturated carbocycles. The van der Waals surface area contributed by atoms with Gasteiger partial charge in [-0.1, -0.05) is 234 Å². The Morgan fingerprint density at radius 1 is 0.500 bits per heavy atom. The van der Waals surface area contributed by atoms with Crippen molar-refractivity contribution in [3.63, 3.8) is 0 Å². The number of esters is 1. The molecule has 368 valence electrons. The predicted octanol–water partition coefficient (Wildman–Crippen LogP) is 15.2. The number of ether oxygens (including phenoxy) is 1. The minimum Gasteiger partial charge on any atom is -0.463 e. The Labute approximate surface area is 392 Å². The van der Waals surface area contributed by atoms with Crippen LogP contribution < -0.4 is 5.32 Å². The number of phosphoric ester groups is 1. The molecule has 0 fully saturated rings. The van der Waals surface area contributed by atoms with Gasteiger partial charge in [-0.15, -0.1) is 0 Å². The van der Waals surface area contributed by atoms with Crippen molar-refractivity contribution in [2.75, 3.05) is 26.4 Å². The van der Waals surface area contributed by atoms with Gasteiger partial charge in [-0.05, 0) is 51.4 Å². The van der Waals surface area contributed by atoms with Crippen molar-refractivity contribution in [3.8, 4) is 0 Å². The molecule has 0 saturated heterocycles. The largest absolute Gasteiger partial charge is 0.472 e. The Hall–Kier alpha value is -2.81. The Kier molecular flexibility index (Phi) is 47.4. The van der Waals surface area contributed by atoms with Crippen LogP contribution in [0.5, 0.6) is 0 Å². The summed E-state index contributed by atoms with van der Waals surface area (Å²) < 4.78 is 26.9. The van der Waals surface area contributed by atoms with Crippen LogP contribution in [0.25, 0.3) is 0 Å². The number of amides is 1. The molecule has 2 atom stereocenters. The number of nitrogens with one attached hydrogen (secondary N) is 1. The number of carbonyl (C=O) groups is 2. The van der Waals surface area contributed by atoms with Crippen molar-refractivity contribution in [1.82, 2.24) is 5.32 Å². The first kappa shape index (κ1) is 61.2. The number of rotatable bonds is 47. The third kappa shape index (κ3) is 50.2. The molecule has 0 rings (SSSR count). The molecule has 1 amide bonds. The lowest BCUT2D eigenvalue weighted by molar-refractivity contribution is -0.147. The molecular weight excluding hydrogens is 822 g/mol. The second-order valence-electron chi connectivity index (χ2n) is 16.8. The van der Waals surface area contributed by atoms with E-state index in [1.165, 1.54) is 122 Å². The quantitative estimate of drug-likeness (QED) is 0.0238. The fourth-order valence-corrected chi connectivity index (χ4v) is 7.57. The lowest BCUT2D eigenvalue weighted by Gasteiger charge is -2.15. The van der Waals surface area contributed by atoms with Crippen LogP contribution in [0.4, 0.5) is 0 Å². The van der Waals surface area contributed by atoms with Crippen molar-refractivity contribution in [2.45, 2.75) is 219 Å². The number of hydrogen-bond donors (Lipinski definition) is 3. The molecule has 0 aromatic rings. The van der Waals surface area contributed by atoms with Gasteiger partial charge in [0.25, 0.3) is 0 Å². The van der Waals surface area contributed by atoms with Gasteiger partial charge in [0, 0.05) is 19.4 Å². The van der Waals surface area contributed by atoms with Gasteiger partial charge in [0.05, 0.1) is 13.2 Å². The highest BCUT2D eigenvalue weighted by Gasteiger charge is 2.23. The predicted molar refractivity (Wildman–Crippen MR) is 270 cm³/mol. The SMILES string of the molecule is CC/C=C\C/C=C\C/C=C\C/C=C\C/C=C\C/C=C\C/C=C\CC(=O)NCCOP(=O)(O)OCC(O)COC(=O)CCCCCCCCCCCCCCCCCCCCCCCC. The van der Waals surface area contributed by atoms with Gasteiger partial charge in [-0.3, -0.25) is 18.6 Å². The van der Waals surface area contributed by atoms with Gasteiger partial charge in [0.1, 0.15) is 12.7 Å². The van der Waals surface area contributed by atoms with Gasteiger partial charge >= 0.3 is 13.8 Å². The van der Waals surface area contributed by atoms with E-state index < -0.39 is 26.5 Å². The summed E-state index contributed by atoms with van der Waals surface area (Å²) in [6, 6.07) is 0. The van der Waals surface area contributed by atoms with Gasteiger partial charge in [-0.2, -0.15) is 0 Å². The van der Waals surface area contributed by atoms with E-state index in [0.717, 1.165) is 64.2 Å². The summed E-state index contributed by atoms with van der Waals surface area (Å²) in [7, 11) is -4.45. The summed E-state index contributed by atoms with van der Waals surface area (Å²) in [5, 5.41) is 12.7. The lowest BCUT2D eigenvalue weighted by atomic mass is 10.0. The Balaban J connectivity index is 3.66. The molecule has 3 N–H and O–H groups in total. The monoisotopic (exact) mass is 916 g/mol. The number of unbranched alkanes of at least 4 members (excludes halogenated alkanes) is 21. The standard InChI is InChI=1S/C54H94NO8P/c1-3-5-7-9-11-13-15-17-19-21-23-25-27-29-31-33-35-37-39-41-43-45-47-54(58)61-50-52(56)51-63-64(59,60)62-49-48-55-53(57)46-44-42-40-38-36-34-32-30-28-26-24-22-20-18-16-14-12-10-8-6-4-2/h6,8,12,14,18,20,24,26,30,32,36,38,42,44,52,56H,3-5,7,9-11,13,15-17,19,21-23,25,27-29,31,33-35,37,39-41,43,45-51H2,1-2H3,(H,55,57)(H,59,60)/b8-6-,14-12-,20-18-,26-24-,32-30-,38-36-,44-42-. The fourth-order valence-electron chi connectivity index (χ4n) is 6.81. The van der Waals surface area contributed by atoms with E-state index in [1.807, 2.05) is 12.2 Å². The molecule has 0 radical (unpaired) electrons. The summed E-state index contributed by atoms with van der Waals surface area (Å²) in [5.74, 6) is -0.649. The third-order valence-electron chi connectivity index (χ3n) is 10.6. The van der Waals surface area contributed by atoms with Crippen LogP contribution in [-0.2, 0) is 27.9 Å². The molecular formula is C54H94NO8P. The third-order valence-corrected chi connectivity index (χ3v) is 11.6. The van der Waals surface area contributed by atoms with E-state index in [9.17, 15) is 24.2 Å². The zero-order valence-electron chi connectivity index (χ0n) is 40.7. The Morgan fingerprint density at radius 3 is 1.25 bits per heavy atom. The zero-order valence-corrected chi connectivity index (χ0v) is 41.6. The molecule has 0 aromatic carbocycles. The van der Waals surface area contributed by atoms with Crippen LogP contribution in [0.2, 0.25) is 0 Å². The maximum absolute atomic E-state index is 12.1. The first-order chi connectivity index (χ1) is 31.3. The highest BCUT2D eigenvalue weighted by atomic mass is 31.2. The molecule has 0 aliphatic carbocycles. The maximum atomic E-state index is 12.1. The summed E-state index contributed by atoms with van der Waals surface area (Å²) in [5.41, 5.74) is 0. The van der Waals surface area contributed by atoms with Crippen molar-refractivity contribution >= 4 is 19.7 Å². The first-order valence-electron chi connectivity index (χ1n) is 25.6.